The van der Waals surface area contributed by atoms with Gasteiger partial charge in [0.1, 0.15) is 11.9 Å². The summed E-state index contributed by atoms with van der Waals surface area (Å²) in [5.41, 5.74) is 8.66. The summed E-state index contributed by atoms with van der Waals surface area (Å²) in [6.07, 6.45) is -0.299. The highest BCUT2D eigenvalue weighted by atomic mass is 16.6. The van der Waals surface area contributed by atoms with Gasteiger partial charge in [-0.25, -0.2) is 4.79 Å². The van der Waals surface area contributed by atoms with E-state index < -0.39 is 6.09 Å². The van der Waals surface area contributed by atoms with Crippen molar-refractivity contribution in [2.75, 3.05) is 44.7 Å². The van der Waals surface area contributed by atoms with Crippen molar-refractivity contribution in [3.05, 3.63) is 59.7 Å². The molecule has 1 amide bonds. The summed E-state index contributed by atoms with van der Waals surface area (Å²) in [6.45, 7) is 6.78. The molecule has 0 saturated carbocycles. The fourth-order valence-corrected chi connectivity index (χ4v) is 3.69. The number of nitrogens with zero attached hydrogens (tertiary/aromatic N) is 2. The monoisotopic (exact) mass is 383 g/mol. The number of benzene rings is 2. The molecule has 2 aromatic carbocycles. The number of amides is 1. The van der Waals surface area contributed by atoms with Crippen LogP contribution in [0.3, 0.4) is 0 Å². The highest BCUT2D eigenvalue weighted by Gasteiger charge is 2.21. The van der Waals surface area contributed by atoms with E-state index in [1.54, 1.807) is 7.11 Å². The molecule has 1 atom stereocenters. The standard InChI is InChI=1S/C22H29N3O3/c1-17-5-3-4-6-20(17)21(28-22(23)26)11-12-24-13-15-25(16-14-24)18-7-9-19(27-2)10-8-18/h3-10,21H,11-16H2,1-2H3,(H2,23,26). The van der Waals surface area contributed by atoms with Crippen LogP contribution in [0.2, 0.25) is 0 Å². The molecule has 1 aliphatic heterocycles. The predicted molar refractivity (Wildman–Crippen MR) is 111 cm³/mol. The van der Waals surface area contributed by atoms with Gasteiger partial charge in [0.15, 0.2) is 0 Å². The number of primary amides is 1. The zero-order valence-corrected chi connectivity index (χ0v) is 16.6. The predicted octanol–water partition coefficient (Wildman–Crippen LogP) is 3.35. The van der Waals surface area contributed by atoms with Crippen LogP contribution in [-0.4, -0.2) is 50.8 Å². The molecule has 1 aliphatic rings. The van der Waals surface area contributed by atoms with Crippen LogP contribution in [0.4, 0.5) is 10.5 Å². The highest BCUT2D eigenvalue weighted by Crippen LogP contribution is 2.25. The number of piperazine rings is 1. The second-order valence-corrected chi connectivity index (χ2v) is 7.10. The molecule has 1 unspecified atom stereocenters. The normalized spacial score (nSPS) is 15.9. The molecule has 1 fully saturated rings. The number of carbonyl (C=O) groups excluding carboxylic acids is 1. The first-order chi connectivity index (χ1) is 13.6. The first-order valence-electron chi connectivity index (χ1n) is 9.70. The number of hydrogen-bond acceptors (Lipinski definition) is 5. The summed E-state index contributed by atoms with van der Waals surface area (Å²) >= 11 is 0. The van der Waals surface area contributed by atoms with E-state index in [0.717, 1.165) is 56.0 Å². The van der Waals surface area contributed by atoms with E-state index in [4.69, 9.17) is 15.2 Å². The van der Waals surface area contributed by atoms with E-state index >= 15 is 0 Å². The van der Waals surface area contributed by atoms with Crippen molar-refractivity contribution in [1.29, 1.82) is 0 Å². The average molecular weight is 383 g/mol. The van der Waals surface area contributed by atoms with Gasteiger partial charge in [-0.2, -0.15) is 0 Å². The Morgan fingerprint density at radius 1 is 1.07 bits per heavy atom. The van der Waals surface area contributed by atoms with Crippen LogP contribution in [0.5, 0.6) is 5.75 Å². The second-order valence-electron chi connectivity index (χ2n) is 7.10. The van der Waals surface area contributed by atoms with Crippen molar-refractivity contribution < 1.29 is 14.3 Å². The van der Waals surface area contributed by atoms with E-state index in [0.29, 0.717) is 0 Å². The van der Waals surface area contributed by atoms with Crippen LogP contribution in [-0.2, 0) is 4.74 Å². The zero-order chi connectivity index (χ0) is 19.9. The Labute approximate surface area is 166 Å². The highest BCUT2D eigenvalue weighted by molar-refractivity contribution is 5.65. The molecule has 3 rings (SSSR count). The summed E-state index contributed by atoms with van der Waals surface area (Å²) in [5, 5.41) is 0. The third kappa shape index (κ3) is 5.16. The van der Waals surface area contributed by atoms with Crippen molar-refractivity contribution in [2.24, 2.45) is 5.73 Å². The number of nitrogens with two attached hydrogens (primary N) is 1. The van der Waals surface area contributed by atoms with Gasteiger partial charge in [-0.3, -0.25) is 4.90 Å². The number of aryl methyl sites for hydroxylation is 1. The quantitative estimate of drug-likeness (QED) is 0.794. The largest absolute Gasteiger partial charge is 0.497 e. The lowest BCUT2D eigenvalue weighted by atomic mass is 10.0. The van der Waals surface area contributed by atoms with Crippen molar-refractivity contribution in [3.8, 4) is 5.75 Å². The molecule has 2 aromatic rings. The average Bonchev–Trinajstić information content (AvgIpc) is 2.72. The van der Waals surface area contributed by atoms with Crippen LogP contribution >= 0.6 is 0 Å². The molecule has 0 aliphatic carbocycles. The lowest BCUT2D eigenvalue weighted by molar-refractivity contribution is 0.0907. The summed E-state index contributed by atoms with van der Waals surface area (Å²) in [5.74, 6) is 0.874. The molecule has 0 radical (unpaired) electrons. The van der Waals surface area contributed by atoms with Crippen LogP contribution in [0.25, 0.3) is 0 Å². The lowest BCUT2D eigenvalue weighted by Gasteiger charge is -2.36. The topological polar surface area (TPSA) is 68.0 Å². The molecule has 6 nitrogen and oxygen atoms in total. The number of anilines is 1. The smallest absolute Gasteiger partial charge is 0.405 e. The number of methoxy groups -OCH3 is 1. The van der Waals surface area contributed by atoms with Gasteiger partial charge < -0.3 is 20.1 Å². The van der Waals surface area contributed by atoms with E-state index in [-0.39, 0.29) is 6.10 Å². The van der Waals surface area contributed by atoms with E-state index in [9.17, 15) is 4.79 Å². The Kier molecular flexibility index (Phi) is 6.76. The number of rotatable bonds is 7. The first-order valence-corrected chi connectivity index (χ1v) is 9.70. The van der Waals surface area contributed by atoms with Crippen LogP contribution in [0.1, 0.15) is 23.7 Å². The summed E-state index contributed by atoms with van der Waals surface area (Å²) < 4.78 is 10.6. The van der Waals surface area contributed by atoms with Crippen molar-refractivity contribution in [1.82, 2.24) is 4.90 Å². The Morgan fingerprint density at radius 2 is 1.75 bits per heavy atom. The number of carbonyl (C=O) groups is 1. The summed E-state index contributed by atoms with van der Waals surface area (Å²) in [7, 11) is 1.68. The fraction of sp³-hybridized carbons (Fsp3) is 0.409. The third-order valence-corrected chi connectivity index (χ3v) is 5.31. The molecule has 0 bridgehead atoms. The summed E-state index contributed by atoms with van der Waals surface area (Å²) in [4.78, 5) is 16.2. The summed E-state index contributed by atoms with van der Waals surface area (Å²) in [6, 6.07) is 16.2. The first kappa shape index (κ1) is 20.0. The van der Waals surface area contributed by atoms with Crippen molar-refractivity contribution in [2.45, 2.75) is 19.4 Å². The molecule has 28 heavy (non-hydrogen) atoms. The molecule has 0 aromatic heterocycles. The SMILES string of the molecule is COc1ccc(N2CCN(CCC(OC(N)=O)c3ccccc3C)CC2)cc1. The Morgan fingerprint density at radius 3 is 2.36 bits per heavy atom. The maximum Gasteiger partial charge on any atom is 0.405 e. The van der Waals surface area contributed by atoms with Gasteiger partial charge in [-0.1, -0.05) is 24.3 Å². The minimum Gasteiger partial charge on any atom is -0.497 e. The van der Waals surface area contributed by atoms with Crippen LogP contribution in [0, 0.1) is 6.92 Å². The Bertz CT molecular complexity index is 771. The van der Waals surface area contributed by atoms with Gasteiger partial charge in [0.05, 0.1) is 7.11 Å². The van der Waals surface area contributed by atoms with Crippen molar-refractivity contribution in [3.63, 3.8) is 0 Å². The molecule has 1 saturated heterocycles. The van der Waals surface area contributed by atoms with Gasteiger partial charge in [-0.15, -0.1) is 0 Å². The maximum absolute atomic E-state index is 11.4. The van der Waals surface area contributed by atoms with Gasteiger partial charge in [0.25, 0.3) is 0 Å². The van der Waals surface area contributed by atoms with Crippen LogP contribution < -0.4 is 15.4 Å². The number of ether oxygens (including phenoxy) is 2. The lowest BCUT2D eigenvalue weighted by Crippen LogP contribution is -2.46. The van der Waals surface area contributed by atoms with Crippen LogP contribution in [0.15, 0.2) is 48.5 Å². The third-order valence-electron chi connectivity index (χ3n) is 5.31. The number of hydrogen-bond donors (Lipinski definition) is 1. The van der Waals surface area contributed by atoms with Crippen molar-refractivity contribution >= 4 is 11.8 Å². The zero-order valence-electron chi connectivity index (χ0n) is 16.6. The minimum atomic E-state index is -0.724. The van der Waals surface area contributed by atoms with Gasteiger partial charge >= 0.3 is 6.09 Å². The molecular formula is C22H29N3O3. The molecule has 150 valence electrons. The molecule has 1 heterocycles. The van der Waals surface area contributed by atoms with Gasteiger partial charge in [0.2, 0.25) is 0 Å². The second kappa shape index (κ2) is 9.46. The maximum atomic E-state index is 11.4. The Hall–Kier alpha value is -2.73. The molecule has 0 spiro atoms. The fourth-order valence-electron chi connectivity index (χ4n) is 3.69. The van der Waals surface area contributed by atoms with E-state index in [1.165, 1.54) is 5.69 Å². The Balaban J connectivity index is 1.54. The van der Waals surface area contributed by atoms with E-state index in [2.05, 4.69) is 21.9 Å². The molecule has 6 heteroatoms. The van der Waals surface area contributed by atoms with Gasteiger partial charge in [0, 0.05) is 44.8 Å². The van der Waals surface area contributed by atoms with Gasteiger partial charge in [-0.05, 0) is 42.3 Å². The minimum absolute atomic E-state index is 0.307. The van der Waals surface area contributed by atoms with E-state index in [1.807, 2.05) is 43.3 Å². The molecular weight excluding hydrogens is 354 g/mol. The molecule has 2 N–H and O–H groups in total.